The van der Waals surface area contributed by atoms with Gasteiger partial charge in [0.25, 0.3) is 0 Å². The largest absolute Gasteiger partial charge is 0.493 e. The maximum absolute atomic E-state index is 14.0. The third-order valence-corrected chi connectivity index (χ3v) is 7.38. The summed E-state index contributed by atoms with van der Waals surface area (Å²) in [4.78, 5) is 2.40. The predicted octanol–water partition coefficient (Wildman–Crippen LogP) is 3.72. The van der Waals surface area contributed by atoms with Gasteiger partial charge in [-0.15, -0.1) is 0 Å². The molecule has 0 spiro atoms. The predicted molar refractivity (Wildman–Crippen MR) is 122 cm³/mol. The van der Waals surface area contributed by atoms with Gasteiger partial charge in [0.15, 0.2) is 11.5 Å². The van der Waals surface area contributed by atoms with E-state index in [1.165, 1.54) is 23.3 Å². The summed E-state index contributed by atoms with van der Waals surface area (Å²) in [6.45, 7) is 2.76. The summed E-state index contributed by atoms with van der Waals surface area (Å²) in [5.74, 6) is 1.02. The average molecular weight is 459 g/mol. The Balaban J connectivity index is 1.37. The van der Waals surface area contributed by atoms with Crippen LogP contribution in [-0.4, -0.2) is 47.2 Å². The van der Waals surface area contributed by atoms with Crippen LogP contribution < -0.4 is 14.2 Å². The van der Waals surface area contributed by atoms with Gasteiger partial charge >= 0.3 is 0 Å². The van der Waals surface area contributed by atoms with Crippen molar-refractivity contribution in [1.29, 1.82) is 0 Å². The number of methoxy groups -OCH3 is 2. The smallest absolute Gasteiger partial charge is 0.241 e. The Morgan fingerprint density at radius 3 is 2.41 bits per heavy atom. The summed E-state index contributed by atoms with van der Waals surface area (Å²) < 4.78 is 53.1. The van der Waals surface area contributed by atoms with E-state index >= 15 is 0 Å². The van der Waals surface area contributed by atoms with Gasteiger partial charge in [-0.25, -0.2) is 17.5 Å². The normalized spacial score (nSPS) is 14.3. The van der Waals surface area contributed by atoms with Crippen molar-refractivity contribution in [2.75, 3.05) is 33.9 Å². The highest BCUT2D eigenvalue weighted by molar-refractivity contribution is 7.89. The molecular weight excluding hydrogens is 431 g/mol. The van der Waals surface area contributed by atoms with Crippen LogP contribution in [0.5, 0.6) is 11.5 Å². The van der Waals surface area contributed by atoms with Gasteiger partial charge in [0.1, 0.15) is 5.82 Å². The molecule has 0 bridgehead atoms. The van der Waals surface area contributed by atoms with Gasteiger partial charge in [0, 0.05) is 30.4 Å². The molecule has 0 fully saturated rings. The van der Waals surface area contributed by atoms with Crippen molar-refractivity contribution in [1.82, 2.24) is 9.62 Å². The first-order valence-corrected chi connectivity index (χ1v) is 12.0. The van der Waals surface area contributed by atoms with Crippen LogP contribution in [0.1, 0.15) is 17.5 Å². The summed E-state index contributed by atoms with van der Waals surface area (Å²) in [6.07, 6.45) is 1.57. The SMILES string of the molecule is COc1cc2c(cc1OC)CN(CCCNS(=O)(=O)c1ccc(F)c3ccccc13)CC2. The van der Waals surface area contributed by atoms with Gasteiger partial charge in [-0.05, 0) is 54.8 Å². The van der Waals surface area contributed by atoms with Gasteiger partial charge < -0.3 is 9.47 Å². The molecule has 0 atom stereocenters. The Morgan fingerprint density at radius 2 is 1.69 bits per heavy atom. The van der Waals surface area contributed by atoms with Crippen LogP contribution >= 0.6 is 0 Å². The minimum atomic E-state index is -3.74. The summed E-state index contributed by atoms with van der Waals surface area (Å²) in [6, 6.07) is 13.2. The van der Waals surface area contributed by atoms with Crippen molar-refractivity contribution in [3.05, 3.63) is 65.5 Å². The number of hydrogen-bond acceptors (Lipinski definition) is 5. The van der Waals surface area contributed by atoms with E-state index in [9.17, 15) is 12.8 Å². The highest BCUT2D eigenvalue weighted by Gasteiger charge is 2.21. The quantitative estimate of drug-likeness (QED) is 0.521. The maximum Gasteiger partial charge on any atom is 0.241 e. The van der Waals surface area contributed by atoms with Crippen molar-refractivity contribution in [2.45, 2.75) is 24.3 Å². The van der Waals surface area contributed by atoms with E-state index in [0.29, 0.717) is 29.5 Å². The van der Waals surface area contributed by atoms with Crippen LogP contribution in [-0.2, 0) is 23.0 Å². The maximum atomic E-state index is 14.0. The second-order valence-electron chi connectivity index (χ2n) is 7.84. The first-order chi connectivity index (χ1) is 15.4. The van der Waals surface area contributed by atoms with Crippen molar-refractivity contribution in [3.63, 3.8) is 0 Å². The molecule has 1 aliphatic heterocycles. The molecule has 3 aromatic carbocycles. The lowest BCUT2D eigenvalue weighted by atomic mass is 9.98. The molecule has 0 unspecified atom stereocenters. The highest BCUT2D eigenvalue weighted by Crippen LogP contribution is 2.33. The molecule has 0 radical (unpaired) electrons. The Hall–Kier alpha value is -2.68. The third kappa shape index (κ3) is 4.57. The Labute approximate surface area is 188 Å². The Bertz CT molecular complexity index is 1230. The monoisotopic (exact) mass is 458 g/mol. The number of hydrogen-bond donors (Lipinski definition) is 1. The topological polar surface area (TPSA) is 67.9 Å². The van der Waals surface area contributed by atoms with E-state index in [2.05, 4.69) is 9.62 Å². The van der Waals surface area contributed by atoms with E-state index in [0.717, 1.165) is 31.8 Å². The van der Waals surface area contributed by atoms with Gasteiger partial charge in [-0.1, -0.05) is 24.3 Å². The number of nitrogens with zero attached hydrogens (tertiary/aromatic N) is 1. The molecule has 170 valence electrons. The molecular formula is C24H27FN2O4S. The molecule has 1 N–H and O–H groups in total. The van der Waals surface area contributed by atoms with Crippen LogP contribution in [0.2, 0.25) is 0 Å². The van der Waals surface area contributed by atoms with Gasteiger partial charge in [-0.3, -0.25) is 4.90 Å². The number of ether oxygens (including phenoxy) is 2. The first kappa shape index (κ1) is 22.5. The van der Waals surface area contributed by atoms with E-state index in [1.54, 1.807) is 38.5 Å². The zero-order valence-corrected chi connectivity index (χ0v) is 19.0. The first-order valence-electron chi connectivity index (χ1n) is 10.6. The Morgan fingerprint density at radius 1 is 1.00 bits per heavy atom. The van der Waals surface area contributed by atoms with Crippen molar-refractivity contribution in [3.8, 4) is 11.5 Å². The number of rotatable bonds is 8. The zero-order valence-electron chi connectivity index (χ0n) is 18.2. The average Bonchev–Trinajstić information content (AvgIpc) is 2.81. The molecule has 4 rings (SSSR count). The summed E-state index contributed by atoms with van der Waals surface area (Å²) in [5.41, 5.74) is 2.45. The molecule has 1 heterocycles. The second kappa shape index (κ2) is 9.44. The fraction of sp³-hybridized carbons (Fsp3) is 0.333. The van der Waals surface area contributed by atoms with Crippen molar-refractivity contribution < 1.29 is 22.3 Å². The van der Waals surface area contributed by atoms with Gasteiger partial charge in [-0.2, -0.15) is 0 Å². The van der Waals surface area contributed by atoms with E-state index in [1.807, 2.05) is 12.1 Å². The van der Waals surface area contributed by atoms with Crippen LogP contribution in [0.25, 0.3) is 10.8 Å². The summed E-state index contributed by atoms with van der Waals surface area (Å²) in [7, 11) is -0.477. The number of halogens is 1. The molecule has 3 aromatic rings. The molecule has 0 saturated heterocycles. The van der Waals surface area contributed by atoms with E-state index in [4.69, 9.17) is 9.47 Å². The molecule has 1 aliphatic rings. The standard InChI is InChI=1S/C24H27FN2O4S/c1-30-22-14-17-10-13-27(16-18(17)15-23(22)31-2)12-5-11-26-32(28,29)24-9-8-21(25)19-6-3-4-7-20(19)24/h3-4,6-9,14-15,26H,5,10-13,16H2,1-2H3. The molecule has 0 aromatic heterocycles. The number of nitrogens with one attached hydrogen (secondary N) is 1. The number of fused-ring (bicyclic) bond motifs is 2. The molecule has 32 heavy (non-hydrogen) atoms. The highest BCUT2D eigenvalue weighted by atomic mass is 32.2. The fourth-order valence-corrected chi connectivity index (χ4v) is 5.47. The lowest BCUT2D eigenvalue weighted by Gasteiger charge is -2.29. The minimum absolute atomic E-state index is 0.0995. The minimum Gasteiger partial charge on any atom is -0.493 e. The Kier molecular flexibility index (Phi) is 6.64. The van der Waals surface area contributed by atoms with Crippen molar-refractivity contribution >= 4 is 20.8 Å². The van der Waals surface area contributed by atoms with Crippen LogP contribution in [0.15, 0.2) is 53.4 Å². The molecule has 0 amide bonds. The van der Waals surface area contributed by atoms with Crippen LogP contribution in [0, 0.1) is 5.82 Å². The van der Waals surface area contributed by atoms with Crippen molar-refractivity contribution in [2.24, 2.45) is 0 Å². The molecule has 6 nitrogen and oxygen atoms in total. The lowest BCUT2D eigenvalue weighted by Crippen LogP contribution is -2.34. The molecule has 0 aliphatic carbocycles. The number of benzene rings is 3. The van der Waals surface area contributed by atoms with E-state index < -0.39 is 15.8 Å². The molecule has 0 saturated carbocycles. The zero-order chi connectivity index (χ0) is 22.7. The van der Waals surface area contributed by atoms with Gasteiger partial charge in [0.05, 0.1) is 19.1 Å². The third-order valence-electron chi connectivity index (χ3n) is 5.86. The van der Waals surface area contributed by atoms with Gasteiger partial charge in [0.2, 0.25) is 10.0 Å². The lowest BCUT2D eigenvalue weighted by molar-refractivity contribution is 0.250. The van der Waals surface area contributed by atoms with Crippen LogP contribution in [0.4, 0.5) is 4.39 Å². The fourth-order valence-electron chi connectivity index (χ4n) is 4.19. The molecule has 8 heteroatoms. The van der Waals surface area contributed by atoms with Crippen LogP contribution in [0.3, 0.4) is 0 Å². The second-order valence-corrected chi connectivity index (χ2v) is 9.58. The number of sulfonamides is 1. The van der Waals surface area contributed by atoms with E-state index in [-0.39, 0.29) is 4.90 Å². The summed E-state index contributed by atoms with van der Waals surface area (Å²) >= 11 is 0. The summed E-state index contributed by atoms with van der Waals surface area (Å²) in [5, 5.41) is 0.687.